The van der Waals surface area contributed by atoms with Crippen molar-refractivity contribution >= 4 is 86.7 Å². The second-order valence-corrected chi connectivity index (χ2v) is 34.2. The Bertz CT molecular complexity index is 8610. The molecule has 28 rings (SSSR count). The van der Waals surface area contributed by atoms with Crippen LogP contribution in [0.5, 0.6) is 0 Å². The van der Waals surface area contributed by atoms with Crippen molar-refractivity contribution in [1.82, 2.24) is 9.13 Å². The van der Waals surface area contributed by atoms with Gasteiger partial charge in [-0.05, 0) is 301 Å². The van der Waals surface area contributed by atoms with Gasteiger partial charge in [0, 0.05) is 32.9 Å². The van der Waals surface area contributed by atoms with Gasteiger partial charge in [-0.25, -0.2) is 0 Å². The zero-order chi connectivity index (χ0) is 79.4. The molecule has 560 valence electrons. The van der Waals surface area contributed by atoms with Crippen molar-refractivity contribution in [2.45, 2.75) is 10.8 Å². The van der Waals surface area contributed by atoms with Crippen molar-refractivity contribution < 1.29 is 0 Å². The monoisotopic (exact) mass is 1540 g/mol. The van der Waals surface area contributed by atoms with Crippen LogP contribution < -0.4 is 0 Å². The first-order chi connectivity index (χ1) is 60.5. The van der Waals surface area contributed by atoms with E-state index in [0.717, 1.165) is 33.5 Å². The van der Waals surface area contributed by atoms with E-state index in [9.17, 15) is 0 Å². The summed E-state index contributed by atoms with van der Waals surface area (Å²) < 4.78 is 4.94. The standard InChI is InChI=1S/C120H70N2/c1-2-22-71(23-3-1)73-48-58-81(59-49-73)122-114-63-55-77(79-53-61-93-90-31-11-16-39-105(90)120(109(93)67-79)107-41-18-13-34-96(107)117-97-37-20-36-95-85-26-6-9-29-88(85)102(116(95)97)70-111(117)120)65-103(114)118-82(35-21-43-115(118)122)75-46-44-72(45-47-75)74-50-56-80(57-51-74)121-112-42-19-14-33-94(112)101-64-76(54-62-113(101)121)78-52-60-92-89-30-10-15-38-104(89)119(108(92)66-78)106-40-17-12-32-91(106)100-68-98-86-27-7-4-24-83(86)84-25-5-8-28-87(84)99(98)69-110(100)119/h1-70H. The van der Waals surface area contributed by atoms with Crippen LogP contribution in [0.15, 0.2) is 425 Å². The molecular formula is C120H70N2. The number of rotatable bonds is 7. The number of hydrogen-bond acceptors (Lipinski definition) is 0. The molecule has 23 aromatic rings. The molecule has 122 heavy (non-hydrogen) atoms. The van der Waals surface area contributed by atoms with E-state index in [1.807, 2.05) is 0 Å². The normalized spacial score (nSPS) is 15.1. The van der Waals surface area contributed by atoms with Crippen LogP contribution in [0.4, 0.5) is 0 Å². The number of fused-ring (bicyclic) bond motifs is 36. The maximum atomic E-state index is 2.59. The number of para-hydroxylation sites is 1. The summed E-state index contributed by atoms with van der Waals surface area (Å²) in [6.07, 6.45) is 0. The fraction of sp³-hybridized carbons (Fsp3) is 0.0167. The van der Waals surface area contributed by atoms with Crippen LogP contribution in [-0.2, 0) is 10.8 Å². The summed E-state index contributed by atoms with van der Waals surface area (Å²) in [6, 6.07) is 162. The molecule has 2 atom stereocenters. The molecule has 2 heteroatoms. The van der Waals surface area contributed by atoms with Crippen LogP contribution >= 0.6 is 0 Å². The van der Waals surface area contributed by atoms with Crippen LogP contribution in [0.2, 0.25) is 0 Å². The lowest BCUT2D eigenvalue weighted by atomic mass is 9.69. The molecule has 0 aliphatic heterocycles. The zero-order valence-corrected chi connectivity index (χ0v) is 66.3. The van der Waals surface area contributed by atoms with Crippen LogP contribution in [0.3, 0.4) is 0 Å². The molecule has 0 saturated carbocycles. The van der Waals surface area contributed by atoms with E-state index >= 15 is 0 Å². The lowest BCUT2D eigenvalue weighted by molar-refractivity contribution is 0.795. The summed E-state index contributed by atoms with van der Waals surface area (Å²) in [7, 11) is 0. The maximum Gasteiger partial charge on any atom is 0.0726 e. The summed E-state index contributed by atoms with van der Waals surface area (Å²) >= 11 is 0. The molecule has 0 amide bonds. The van der Waals surface area contributed by atoms with Gasteiger partial charge in [0.2, 0.25) is 0 Å². The highest BCUT2D eigenvalue weighted by Gasteiger charge is 2.54. The predicted octanol–water partition coefficient (Wildman–Crippen LogP) is 31.2. The van der Waals surface area contributed by atoms with Gasteiger partial charge in [0.05, 0.1) is 32.9 Å². The third-order valence-electron chi connectivity index (χ3n) is 28.7. The first-order valence-electron chi connectivity index (χ1n) is 42.8. The predicted molar refractivity (Wildman–Crippen MR) is 509 cm³/mol. The highest BCUT2D eigenvalue weighted by Crippen LogP contribution is 2.68. The fourth-order valence-corrected chi connectivity index (χ4v) is 23.7. The van der Waals surface area contributed by atoms with Crippen molar-refractivity contribution in [3.8, 4) is 134 Å². The molecule has 0 N–H and O–H groups in total. The molecule has 2 unspecified atom stereocenters. The van der Waals surface area contributed by atoms with E-state index in [0.29, 0.717) is 0 Å². The summed E-state index contributed by atoms with van der Waals surface area (Å²) in [6.45, 7) is 0. The Labute approximate surface area is 704 Å². The molecule has 5 aliphatic carbocycles. The average Bonchev–Trinajstić information content (AvgIpc) is 1.50. The minimum absolute atomic E-state index is 0.527. The molecule has 0 fully saturated rings. The van der Waals surface area contributed by atoms with Crippen molar-refractivity contribution in [3.05, 3.63) is 469 Å². The third kappa shape index (κ3) is 8.66. The lowest BCUT2D eigenvalue weighted by Crippen LogP contribution is -2.26. The second kappa shape index (κ2) is 24.5. The zero-order valence-electron chi connectivity index (χ0n) is 66.3. The Hall–Kier alpha value is -15.7. The van der Waals surface area contributed by atoms with Gasteiger partial charge >= 0.3 is 0 Å². The number of nitrogens with zero attached hydrogens (tertiary/aromatic N) is 2. The first-order valence-corrected chi connectivity index (χ1v) is 42.8. The highest BCUT2D eigenvalue weighted by molar-refractivity contribution is 6.27. The van der Waals surface area contributed by atoms with Gasteiger partial charge < -0.3 is 9.13 Å². The molecule has 2 nitrogen and oxygen atoms in total. The Morgan fingerprint density at radius 3 is 1.11 bits per heavy atom. The van der Waals surface area contributed by atoms with Crippen molar-refractivity contribution in [1.29, 1.82) is 0 Å². The summed E-state index contributed by atoms with van der Waals surface area (Å²) in [5.74, 6) is 0. The lowest BCUT2D eigenvalue weighted by Gasteiger charge is -2.31. The van der Waals surface area contributed by atoms with E-state index in [2.05, 4.69) is 434 Å². The Morgan fingerprint density at radius 1 is 0.139 bits per heavy atom. The van der Waals surface area contributed by atoms with Crippen LogP contribution in [-0.4, -0.2) is 9.13 Å². The molecule has 2 aromatic heterocycles. The maximum absolute atomic E-state index is 2.59. The Balaban J connectivity index is 0.545. The Morgan fingerprint density at radius 2 is 0.500 bits per heavy atom. The molecule has 0 radical (unpaired) electrons. The molecule has 5 aliphatic rings. The average molecular weight is 1540 g/mol. The minimum Gasteiger partial charge on any atom is -0.309 e. The molecular weight excluding hydrogens is 1470 g/mol. The topological polar surface area (TPSA) is 9.86 Å². The smallest absolute Gasteiger partial charge is 0.0726 e. The van der Waals surface area contributed by atoms with Crippen molar-refractivity contribution in [2.75, 3.05) is 0 Å². The van der Waals surface area contributed by atoms with Crippen LogP contribution in [0.1, 0.15) is 44.5 Å². The van der Waals surface area contributed by atoms with Gasteiger partial charge in [-0.3, -0.25) is 0 Å². The molecule has 0 bridgehead atoms. The summed E-state index contributed by atoms with van der Waals surface area (Å²) in [5, 5.41) is 15.3. The van der Waals surface area contributed by atoms with E-state index in [1.165, 1.54) is 231 Å². The van der Waals surface area contributed by atoms with E-state index in [4.69, 9.17) is 0 Å². The molecule has 21 aromatic carbocycles. The summed E-state index contributed by atoms with van der Waals surface area (Å²) in [4.78, 5) is 0. The molecule has 0 saturated heterocycles. The fourth-order valence-electron chi connectivity index (χ4n) is 23.7. The second-order valence-electron chi connectivity index (χ2n) is 34.2. The highest BCUT2D eigenvalue weighted by atomic mass is 15.0. The van der Waals surface area contributed by atoms with Gasteiger partial charge in [-0.2, -0.15) is 0 Å². The van der Waals surface area contributed by atoms with Gasteiger partial charge in [0.15, 0.2) is 0 Å². The SMILES string of the molecule is c1ccc(-c2ccc(-n3c4ccc(-c5ccc6c(c5)C5(c7ccccc7-6)c6ccccc6-c6c5cc5c7c(cccc67)-c6ccccc6-5)cc4c4c(-c5ccc(-c6ccc(-n7c8ccccc8c8cc(-c9ccc%10c(c9)C9(c%11ccccc%11-%10)c%10ccccc%10-c%10cc%11c%12ccccc%12c%12ccccc%12c%11cc%109)ccc87)cc6)cc5)cccc43)cc2)cc1. The Kier molecular flexibility index (Phi) is 13.3. The van der Waals surface area contributed by atoms with Crippen molar-refractivity contribution in [3.63, 3.8) is 0 Å². The van der Waals surface area contributed by atoms with Gasteiger partial charge in [0.1, 0.15) is 0 Å². The molecule has 2 spiro atoms. The number of benzene rings is 21. The van der Waals surface area contributed by atoms with Crippen LogP contribution in [0, 0.1) is 0 Å². The van der Waals surface area contributed by atoms with Crippen LogP contribution in [0.25, 0.3) is 220 Å². The van der Waals surface area contributed by atoms with E-state index < -0.39 is 10.8 Å². The van der Waals surface area contributed by atoms with Crippen molar-refractivity contribution in [2.24, 2.45) is 0 Å². The van der Waals surface area contributed by atoms with E-state index in [-0.39, 0.29) is 0 Å². The van der Waals surface area contributed by atoms with Gasteiger partial charge in [0.25, 0.3) is 0 Å². The van der Waals surface area contributed by atoms with Gasteiger partial charge in [-0.15, -0.1) is 0 Å². The van der Waals surface area contributed by atoms with E-state index in [1.54, 1.807) is 0 Å². The largest absolute Gasteiger partial charge is 0.309 e. The third-order valence-corrected chi connectivity index (χ3v) is 28.7. The number of aromatic nitrogens is 2. The van der Waals surface area contributed by atoms with Gasteiger partial charge in [-0.1, -0.05) is 334 Å². The quantitative estimate of drug-likeness (QED) is 0.141. The number of hydrogen-bond donors (Lipinski definition) is 0. The molecule has 2 heterocycles. The first kappa shape index (κ1) is 66.3. The summed E-state index contributed by atoms with van der Waals surface area (Å²) in [5.41, 5.74) is 44.3. The minimum atomic E-state index is -0.548.